The smallest absolute Gasteiger partial charge is 0.338 e. The molecule has 1 atom stereocenters. The Hall–Kier alpha value is -4.19. The Kier molecular flexibility index (Phi) is 7.64. The van der Waals surface area contributed by atoms with Crippen LogP contribution in [0.3, 0.4) is 0 Å². The summed E-state index contributed by atoms with van der Waals surface area (Å²) < 4.78 is 5.20. The molecule has 39 heavy (non-hydrogen) atoms. The zero-order valence-electron chi connectivity index (χ0n) is 22.4. The average Bonchev–Trinajstić information content (AvgIpc) is 3.20. The number of hydrogen-bond acceptors (Lipinski definition) is 5. The summed E-state index contributed by atoms with van der Waals surface area (Å²) in [7, 11) is 0. The molecule has 0 radical (unpaired) electrons. The maximum atomic E-state index is 13.5. The molecule has 200 valence electrons. The molecule has 0 bridgehead atoms. The molecule has 0 spiro atoms. The van der Waals surface area contributed by atoms with E-state index in [1.54, 1.807) is 24.3 Å². The molecule has 1 heterocycles. The Bertz CT molecular complexity index is 1450. The van der Waals surface area contributed by atoms with Crippen molar-refractivity contribution in [3.63, 3.8) is 0 Å². The fourth-order valence-corrected chi connectivity index (χ4v) is 5.49. The summed E-state index contributed by atoms with van der Waals surface area (Å²) in [6.45, 7) is 4.39. The van der Waals surface area contributed by atoms with Crippen molar-refractivity contribution in [3.05, 3.63) is 111 Å². The maximum absolute atomic E-state index is 13.5. The summed E-state index contributed by atoms with van der Waals surface area (Å²) in [4.78, 5) is 40.6. The third kappa shape index (κ3) is 5.37. The maximum Gasteiger partial charge on any atom is 0.338 e. The van der Waals surface area contributed by atoms with E-state index in [9.17, 15) is 19.5 Å². The van der Waals surface area contributed by atoms with Crippen molar-refractivity contribution in [2.45, 2.75) is 58.5 Å². The van der Waals surface area contributed by atoms with E-state index in [2.05, 4.69) is 0 Å². The van der Waals surface area contributed by atoms with Gasteiger partial charge in [-0.25, -0.2) is 4.79 Å². The molecule has 0 aromatic heterocycles. The highest BCUT2D eigenvalue weighted by atomic mass is 16.5. The molecule has 5 rings (SSSR count). The number of aliphatic hydroxyl groups is 1. The van der Waals surface area contributed by atoms with Gasteiger partial charge in [0.2, 0.25) is 0 Å². The topological polar surface area (TPSA) is 83.9 Å². The third-order valence-electron chi connectivity index (χ3n) is 7.50. The quantitative estimate of drug-likeness (QED) is 0.176. The lowest BCUT2D eigenvalue weighted by Crippen LogP contribution is -2.29. The number of benzene rings is 3. The van der Waals surface area contributed by atoms with Crippen molar-refractivity contribution in [3.8, 4) is 0 Å². The van der Waals surface area contributed by atoms with E-state index in [0.29, 0.717) is 17.7 Å². The number of nitrogens with zero attached hydrogens (tertiary/aromatic N) is 1. The van der Waals surface area contributed by atoms with E-state index in [1.807, 2.05) is 56.3 Å². The number of aryl methyl sites for hydroxylation is 3. The van der Waals surface area contributed by atoms with Crippen molar-refractivity contribution >= 4 is 23.4 Å². The second-order valence-corrected chi connectivity index (χ2v) is 10.4. The van der Waals surface area contributed by atoms with Crippen LogP contribution in [0.25, 0.3) is 5.76 Å². The van der Waals surface area contributed by atoms with Gasteiger partial charge in [0.1, 0.15) is 5.76 Å². The molecule has 3 aromatic carbocycles. The van der Waals surface area contributed by atoms with E-state index < -0.39 is 23.7 Å². The largest absolute Gasteiger partial charge is 0.507 e. The molecule has 1 aliphatic heterocycles. The number of rotatable bonds is 7. The van der Waals surface area contributed by atoms with Gasteiger partial charge in [-0.15, -0.1) is 0 Å². The summed E-state index contributed by atoms with van der Waals surface area (Å²) in [6, 6.07) is 19.6. The van der Waals surface area contributed by atoms with Crippen LogP contribution in [0.15, 0.2) is 72.3 Å². The normalized spacial score (nSPS) is 18.2. The predicted octanol–water partition coefficient (Wildman–Crippen LogP) is 6.06. The molecule has 1 amide bonds. The molecule has 1 aliphatic carbocycles. The summed E-state index contributed by atoms with van der Waals surface area (Å²) in [6.07, 6.45) is 4.94. The monoisotopic (exact) mass is 523 g/mol. The highest BCUT2D eigenvalue weighted by molar-refractivity contribution is 6.46. The van der Waals surface area contributed by atoms with Crippen molar-refractivity contribution in [1.82, 2.24) is 4.90 Å². The van der Waals surface area contributed by atoms with Crippen molar-refractivity contribution in [2.24, 2.45) is 0 Å². The van der Waals surface area contributed by atoms with Crippen molar-refractivity contribution in [2.75, 3.05) is 6.61 Å². The van der Waals surface area contributed by atoms with Gasteiger partial charge < -0.3 is 14.7 Å². The molecule has 1 fully saturated rings. The van der Waals surface area contributed by atoms with Gasteiger partial charge in [-0.1, -0.05) is 61.0 Å². The van der Waals surface area contributed by atoms with Crippen LogP contribution in [-0.4, -0.2) is 34.3 Å². The van der Waals surface area contributed by atoms with Crippen LogP contribution in [0.2, 0.25) is 0 Å². The van der Waals surface area contributed by atoms with Crippen LogP contribution in [0.5, 0.6) is 0 Å². The second-order valence-electron chi connectivity index (χ2n) is 10.4. The van der Waals surface area contributed by atoms with E-state index >= 15 is 0 Å². The number of carbonyl (C=O) groups excluding carboxylic acids is 3. The van der Waals surface area contributed by atoms with Crippen LogP contribution >= 0.6 is 0 Å². The molecule has 2 aliphatic rings. The Labute approximate surface area is 228 Å². The molecule has 1 saturated heterocycles. The lowest BCUT2D eigenvalue weighted by Gasteiger charge is -2.26. The summed E-state index contributed by atoms with van der Waals surface area (Å²) in [5, 5.41) is 11.5. The number of esters is 1. The van der Waals surface area contributed by atoms with Crippen LogP contribution < -0.4 is 0 Å². The predicted molar refractivity (Wildman–Crippen MR) is 149 cm³/mol. The first-order chi connectivity index (χ1) is 18.9. The van der Waals surface area contributed by atoms with Gasteiger partial charge in [-0.2, -0.15) is 0 Å². The molecular weight excluding hydrogens is 490 g/mol. The number of ether oxygens (including phenoxy) is 1. The number of likely N-dealkylation sites (tertiary alicyclic amines) is 1. The molecule has 6 nitrogen and oxygen atoms in total. The minimum Gasteiger partial charge on any atom is -0.507 e. The highest BCUT2D eigenvalue weighted by Gasteiger charge is 2.46. The van der Waals surface area contributed by atoms with Crippen LogP contribution in [-0.2, 0) is 33.7 Å². The summed E-state index contributed by atoms with van der Waals surface area (Å²) in [5.74, 6) is -1.90. The summed E-state index contributed by atoms with van der Waals surface area (Å²) >= 11 is 0. The second kappa shape index (κ2) is 11.3. The lowest BCUT2D eigenvalue weighted by molar-refractivity contribution is -0.140. The highest BCUT2D eigenvalue weighted by Crippen LogP contribution is 2.41. The molecular formula is C33H33NO5. The van der Waals surface area contributed by atoms with Crippen LogP contribution in [0, 0.1) is 6.92 Å². The fraction of sp³-hybridized carbons (Fsp3) is 0.303. The van der Waals surface area contributed by atoms with Gasteiger partial charge >= 0.3 is 5.97 Å². The van der Waals surface area contributed by atoms with E-state index in [1.165, 1.54) is 16.0 Å². The number of hydrogen-bond donors (Lipinski definition) is 1. The zero-order chi connectivity index (χ0) is 27.5. The fourth-order valence-electron chi connectivity index (χ4n) is 5.49. The Morgan fingerprint density at radius 3 is 2.38 bits per heavy atom. The number of aliphatic hydroxyl groups excluding tert-OH is 1. The van der Waals surface area contributed by atoms with Gasteiger partial charge in [0.05, 0.1) is 23.8 Å². The number of carbonyl (C=O) groups is 3. The zero-order valence-corrected chi connectivity index (χ0v) is 22.4. The van der Waals surface area contributed by atoms with Crippen molar-refractivity contribution in [1.29, 1.82) is 0 Å². The van der Waals surface area contributed by atoms with Gasteiger partial charge in [-0.05, 0) is 79.5 Å². The summed E-state index contributed by atoms with van der Waals surface area (Å²) in [5.41, 5.74) is 6.05. The van der Waals surface area contributed by atoms with Gasteiger partial charge in [0, 0.05) is 12.1 Å². The van der Waals surface area contributed by atoms with Gasteiger partial charge in [0.15, 0.2) is 0 Å². The molecule has 6 heteroatoms. The average molecular weight is 524 g/mol. The van der Waals surface area contributed by atoms with E-state index in [4.69, 9.17) is 4.74 Å². The Balaban J connectivity index is 1.53. The van der Waals surface area contributed by atoms with Crippen LogP contribution in [0.4, 0.5) is 0 Å². The SMILES string of the molecule is CCCOC(=O)c1ccc(CN2C(=O)C(=O)/C(=C(\O)c3ccc4c(c3)CCCC4)C2c2cccc(C)c2)cc1. The Morgan fingerprint density at radius 1 is 0.949 bits per heavy atom. The number of ketones is 1. The minimum absolute atomic E-state index is 0.0983. The number of amides is 1. The third-order valence-corrected chi connectivity index (χ3v) is 7.50. The first-order valence-electron chi connectivity index (χ1n) is 13.6. The number of Topliss-reactive ketones (excluding diaryl/α,β-unsaturated/α-hetero) is 1. The van der Waals surface area contributed by atoms with Crippen LogP contribution in [0.1, 0.15) is 76.0 Å². The van der Waals surface area contributed by atoms with Gasteiger partial charge in [0.25, 0.3) is 11.7 Å². The molecule has 0 saturated carbocycles. The van der Waals surface area contributed by atoms with Gasteiger partial charge in [-0.3, -0.25) is 9.59 Å². The lowest BCUT2D eigenvalue weighted by atomic mass is 9.88. The van der Waals surface area contributed by atoms with Crippen molar-refractivity contribution < 1.29 is 24.2 Å². The minimum atomic E-state index is -0.741. The first kappa shape index (κ1) is 26.4. The molecule has 3 aromatic rings. The molecule has 1 N–H and O–H groups in total. The molecule has 1 unspecified atom stereocenters. The number of fused-ring (bicyclic) bond motifs is 1. The van der Waals surface area contributed by atoms with E-state index in [0.717, 1.165) is 48.8 Å². The Morgan fingerprint density at radius 2 is 1.67 bits per heavy atom. The van der Waals surface area contributed by atoms with E-state index in [-0.39, 0.29) is 17.9 Å². The first-order valence-corrected chi connectivity index (χ1v) is 13.6. The standard InChI is InChI=1S/C33H33NO5/c1-3-17-39-33(38)24-13-11-22(12-14-24)20-34-29(26-10-6-7-21(2)18-26)28(31(36)32(34)37)30(35)27-16-15-23-8-4-5-9-25(23)19-27/h6-7,10-16,18-19,29,35H,3-5,8-9,17,20H2,1-2H3/b30-28-.